The van der Waals surface area contributed by atoms with Crippen molar-refractivity contribution >= 4 is 28.6 Å². The fourth-order valence-corrected chi connectivity index (χ4v) is 3.81. The van der Waals surface area contributed by atoms with Gasteiger partial charge in [0.05, 0.1) is 21.6 Å². The first-order chi connectivity index (χ1) is 16.6. The molecule has 0 saturated carbocycles. The number of aromatic amines is 1. The highest BCUT2D eigenvalue weighted by atomic mass is 16.6. The number of nitrogens with zero attached hydrogens (tertiary/aromatic N) is 3. The maximum Gasteiger partial charge on any atom is 0.311 e. The number of phenolic OH excluding ortho intramolecular Hbond substituents is 1. The number of benzene rings is 4. The van der Waals surface area contributed by atoms with Gasteiger partial charge in [-0.3, -0.25) is 15.1 Å². The second-order valence-corrected chi connectivity index (χ2v) is 7.88. The lowest BCUT2D eigenvalue weighted by molar-refractivity contribution is -0.385. The lowest BCUT2D eigenvalue weighted by atomic mass is 10.0. The number of fused-ring (bicyclic) bond motifs is 1. The lowest BCUT2D eigenvalue weighted by Gasteiger charge is -2.06. The number of para-hydroxylation sites is 2. The summed E-state index contributed by atoms with van der Waals surface area (Å²) in [4.78, 5) is 23.2. The van der Waals surface area contributed by atoms with Crippen LogP contribution in [0.3, 0.4) is 0 Å². The quantitative estimate of drug-likeness (QED) is 0.184. The average Bonchev–Trinajstić information content (AvgIpc) is 3.29. The van der Waals surface area contributed by atoms with Gasteiger partial charge in [0.1, 0.15) is 5.82 Å². The van der Waals surface area contributed by atoms with Crippen LogP contribution < -0.4 is 0 Å². The number of hydrogen-bond donors (Lipinski definition) is 2. The van der Waals surface area contributed by atoms with E-state index in [4.69, 9.17) is 0 Å². The predicted octanol–water partition coefficient (Wildman–Crippen LogP) is 6.19. The third-order valence-electron chi connectivity index (χ3n) is 5.51. The summed E-state index contributed by atoms with van der Waals surface area (Å²) in [5, 5.41) is 21.9. The van der Waals surface area contributed by atoms with Crippen molar-refractivity contribution in [2.45, 2.75) is 6.42 Å². The van der Waals surface area contributed by atoms with Crippen molar-refractivity contribution in [3.63, 3.8) is 0 Å². The van der Waals surface area contributed by atoms with Crippen LogP contribution >= 0.6 is 0 Å². The number of H-pyrrole nitrogens is 1. The molecule has 0 aliphatic heterocycles. The molecule has 0 unspecified atom stereocenters. The topological polar surface area (TPSA) is 104 Å². The van der Waals surface area contributed by atoms with Crippen LogP contribution in [-0.4, -0.2) is 26.2 Å². The maximum atomic E-state index is 11.5. The van der Waals surface area contributed by atoms with Gasteiger partial charge in [0, 0.05) is 23.4 Å². The first kappa shape index (κ1) is 21.1. The normalized spacial score (nSPS) is 11.3. The average molecular weight is 448 g/mol. The molecule has 0 spiro atoms. The van der Waals surface area contributed by atoms with Gasteiger partial charge in [-0.15, -0.1) is 0 Å². The second-order valence-electron chi connectivity index (χ2n) is 7.88. The molecule has 5 aromatic rings. The van der Waals surface area contributed by atoms with Crippen LogP contribution in [-0.2, 0) is 6.42 Å². The van der Waals surface area contributed by atoms with Crippen LogP contribution in [0.15, 0.2) is 96.0 Å². The van der Waals surface area contributed by atoms with Crippen molar-refractivity contribution in [1.82, 2.24) is 9.97 Å². The number of aromatic nitrogens is 2. The van der Waals surface area contributed by atoms with Crippen LogP contribution in [0, 0.1) is 10.1 Å². The molecule has 0 atom stereocenters. The van der Waals surface area contributed by atoms with Gasteiger partial charge in [0.15, 0.2) is 0 Å². The summed E-state index contributed by atoms with van der Waals surface area (Å²) in [6, 6.07) is 28.1. The molecule has 34 heavy (non-hydrogen) atoms. The number of hydrogen-bond acceptors (Lipinski definition) is 5. The molecule has 7 nitrogen and oxygen atoms in total. The molecule has 0 radical (unpaired) electrons. The van der Waals surface area contributed by atoms with E-state index in [-0.39, 0.29) is 5.69 Å². The lowest BCUT2D eigenvalue weighted by Crippen LogP contribution is -1.97. The van der Waals surface area contributed by atoms with Gasteiger partial charge in [-0.05, 0) is 60.0 Å². The van der Waals surface area contributed by atoms with E-state index in [0.29, 0.717) is 17.7 Å². The second kappa shape index (κ2) is 8.99. The Labute approximate surface area is 195 Å². The van der Waals surface area contributed by atoms with E-state index >= 15 is 0 Å². The summed E-state index contributed by atoms with van der Waals surface area (Å²) >= 11 is 0. The SMILES string of the molecule is O=[N+]([O-])c1cc(Cc2ccccc2)cc(C=Nc2ccc(-c3nc4ccccc4[nH]3)cc2)c1O. The van der Waals surface area contributed by atoms with Gasteiger partial charge >= 0.3 is 5.69 Å². The number of rotatable bonds is 6. The molecule has 4 aromatic carbocycles. The van der Waals surface area contributed by atoms with Gasteiger partial charge in [-0.1, -0.05) is 42.5 Å². The molecule has 0 aliphatic rings. The van der Waals surface area contributed by atoms with Crippen molar-refractivity contribution in [3.05, 3.63) is 118 Å². The molecule has 0 saturated heterocycles. The molecule has 0 aliphatic carbocycles. The van der Waals surface area contributed by atoms with Gasteiger partial charge < -0.3 is 10.1 Å². The summed E-state index contributed by atoms with van der Waals surface area (Å²) in [6.45, 7) is 0. The summed E-state index contributed by atoms with van der Waals surface area (Å²) < 4.78 is 0. The maximum absolute atomic E-state index is 11.5. The van der Waals surface area contributed by atoms with Gasteiger partial charge in [0.25, 0.3) is 0 Å². The van der Waals surface area contributed by atoms with Crippen LogP contribution in [0.4, 0.5) is 11.4 Å². The molecular formula is C27H20N4O3. The third kappa shape index (κ3) is 4.40. The van der Waals surface area contributed by atoms with Gasteiger partial charge in [-0.25, -0.2) is 4.98 Å². The Morgan fingerprint density at radius 1 is 0.941 bits per heavy atom. The monoisotopic (exact) mass is 448 g/mol. The zero-order valence-corrected chi connectivity index (χ0v) is 18.1. The van der Waals surface area contributed by atoms with E-state index in [1.807, 2.05) is 78.9 Å². The molecule has 2 N–H and O–H groups in total. The van der Waals surface area contributed by atoms with Crippen LogP contribution in [0.2, 0.25) is 0 Å². The first-order valence-electron chi connectivity index (χ1n) is 10.7. The van der Waals surface area contributed by atoms with Crippen LogP contribution in [0.5, 0.6) is 5.75 Å². The van der Waals surface area contributed by atoms with Gasteiger partial charge in [-0.2, -0.15) is 0 Å². The molecule has 1 heterocycles. The Kier molecular flexibility index (Phi) is 5.58. The molecule has 7 heteroatoms. The zero-order valence-electron chi connectivity index (χ0n) is 18.1. The molecular weight excluding hydrogens is 428 g/mol. The van der Waals surface area contributed by atoms with Crippen molar-refractivity contribution in [1.29, 1.82) is 0 Å². The highest BCUT2D eigenvalue weighted by Crippen LogP contribution is 2.32. The number of nitro benzene ring substituents is 1. The largest absolute Gasteiger partial charge is 0.502 e. The zero-order chi connectivity index (χ0) is 23.5. The number of aliphatic imine (C=N–C) groups is 1. The standard InChI is InChI=1S/C27H20N4O3/c32-26-21(15-19(16-25(26)31(33)34)14-18-6-2-1-3-7-18)17-28-22-12-10-20(11-13-22)27-29-23-8-4-5-9-24(23)30-27/h1-13,15-17,32H,14H2,(H,29,30). The minimum Gasteiger partial charge on any atom is -0.502 e. The Balaban J connectivity index is 1.42. The molecule has 5 rings (SSSR count). The predicted molar refractivity (Wildman–Crippen MR) is 133 cm³/mol. The highest BCUT2D eigenvalue weighted by Gasteiger charge is 2.18. The van der Waals surface area contributed by atoms with Gasteiger partial charge in [0.2, 0.25) is 5.75 Å². The summed E-state index contributed by atoms with van der Waals surface area (Å²) in [5.74, 6) is 0.364. The molecule has 1 aromatic heterocycles. The van der Waals surface area contributed by atoms with Crippen molar-refractivity contribution < 1.29 is 10.0 Å². The Hall–Kier alpha value is -4.78. The molecule has 166 valence electrons. The number of nitrogens with one attached hydrogen (secondary N) is 1. The van der Waals surface area contributed by atoms with Crippen molar-refractivity contribution in [2.75, 3.05) is 0 Å². The molecule has 0 bridgehead atoms. The van der Waals surface area contributed by atoms with Crippen molar-refractivity contribution in [2.24, 2.45) is 4.99 Å². The fraction of sp³-hybridized carbons (Fsp3) is 0.0370. The minimum atomic E-state index is -0.580. The Morgan fingerprint density at radius 2 is 1.68 bits per heavy atom. The highest BCUT2D eigenvalue weighted by molar-refractivity contribution is 5.88. The smallest absolute Gasteiger partial charge is 0.311 e. The Morgan fingerprint density at radius 3 is 2.41 bits per heavy atom. The van der Waals surface area contributed by atoms with E-state index in [0.717, 1.165) is 33.5 Å². The molecule has 0 fully saturated rings. The number of phenols is 1. The van der Waals surface area contributed by atoms with Crippen LogP contribution in [0.25, 0.3) is 22.4 Å². The summed E-state index contributed by atoms with van der Waals surface area (Å²) in [6.07, 6.45) is 1.96. The number of imidazole rings is 1. The van der Waals surface area contributed by atoms with E-state index in [9.17, 15) is 15.2 Å². The number of nitro groups is 1. The first-order valence-corrected chi connectivity index (χ1v) is 10.7. The van der Waals surface area contributed by atoms with E-state index in [1.165, 1.54) is 12.3 Å². The van der Waals surface area contributed by atoms with E-state index in [2.05, 4.69) is 15.0 Å². The van der Waals surface area contributed by atoms with Crippen LogP contribution in [0.1, 0.15) is 16.7 Å². The number of aromatic hydroxyl groups is 1. The summed E-state index contributed by atoms with van der Waals surface area (Å²) in [5.41, 5.74) is 5.12. The van der Waals surface area contributed by atoms with E-state index < -0.39 is 10.7 Å². The van der Waals surface area contributed by atoms with E-state index in [1.54, 1.807) is 6.07 Å². The fourth-order valence-electron chi connectivity index (χ4n) is 3.81. The summed E-state index contributed by atoms with van der Waals surface area (Å²) in [7, 11) is 0. The molecule has 0 amide bonds. The minimum absolute atomic E-state index is 0.293. The third-order valence-corrected chi connectivity index (χ3v) is 5.51. The van der Waals surface area contributed by atoms with Crippen molar-refractivity contribution in [3.8, 4) is 17.1 Å². The Bertz CT molecular complexity index is 1470.